The minimum Gasteiger partial charge on any atom is -0.493 e. The fourth-order valence-electron chi connectivity index (χ4n) is 3.54. The molecular formula is C27H35NO3. The summed E-state index contributed by atoms with van der Waals surface area (Å²) in [4.78, 5) is 16.7. The maximum absolute atomic E-state index is 11.8. The van der Waals surface area contributed by atoms with Gasteiger partial charge in [-0.2, -0.15) is 0 Å². The van der Waals surface area contributed by atoms with Crippen LogP contribution in [0.3, 0.4) is 0 Å². The fraction of sp³-hybridized carbons (Fsp3) is 0.407. The van der Waals surface area contributed by atoms with Gasteiger partial charge in [0, 0.05) is 17.4 Å². The summed E-state index contributed by atoms with van der Waals surface area (Å²) < 4.78 is 10.7. The van der Waals surface area contributed by atoms with Gasteiger partial charge in [-0.15, -0.1) is 0 Å². The second kappa shape index (κ2) is 10.9. The molecule has 1 aliphatic carbocycles. The molecule has 4 heteroatoms. The van der Waals surface area contributed by atoms with Crippen LogP contribution in [0.1, 0.15) is 48.0 Å². The molecule has 1 aliphatic heterocycles. The third kappa shape index (κ3) is 6.55. The summed E-state index contributed by atoms with van der Waals surface area (Å²) >= 11 is 0. The zero-order valence-electron chi connectivity index (χ0n) is 19.9. The molecule has 166 valence electrons. The second-order valence-corrected chi connectivity index (χ2v) is 8.51. The number of hydrogen-bond donors (Lipinski definition) is 0. The van der Waals surface area contributed by atoms with Crippen molar-refractivity contribution in [3.05, 3.63) is 81.9 Å². The minimum absolute atomic E-state index is 0.214. The SMILES string of the molecule is C=C(C)\C=C(/C=N\C(=C/C(C)C)C1=CCC(C(=O)OC)C=C1)C1=C(C)OCC(C)=C1C. The summed E-state index contributed by atoms with van der Waals surface area (Å²) in [6, 6.07) is 0. The van der Waals surface area contributed by atoms with Gasteiger partial charge in [0.2, 0.25) is 0 Å². The number of esters is 1. The average Bonchev–Trinajstić information content (AvgIpc) is 2.72. The van der Waals surface area contributed by atoms with E-state index in [2.05, 4.69) is 46.4 Å². The van der Waals surface area contributed by atoms with Gasteiger partial charge in [-0.05, 0) is 56.8 Å². The molecule has 0 saturated heterocycles. The lowest BCUT2D eigenvalue weighted by Crippen LogP contribution is -2.15. The second-order valence-electron chi connectivity index (χ2n) is 8.51. The summed E-state index contributed by atoms with van der Waals surface area (Å²) in [5.41, 5.74) is 7.32. The van der Waals surface area contributed by atoms with Gasteiger partial charge in [0.25, 0.3) is 0 Å². The van der Waals surface area contributed by atoms with Gasteiger partial charge in [0.1, 0.15) is 12.4 Å². The Morgan fingerprint density at radius 3 is 2.58 bits per heavy atom. The molecule has 2 rings (SSSR count). The van der Waals surface area contributed by atoms with Crippen molar-refractivity contribution in [1.82, 2.24) is 0 Å². The summed E-state index contributed by atoms with van der Waals surface area (Å²) in [6.45, 7) is 17.1. The van der Waals surface area contributed by atoms with Gasteiger partial charge < -0.3 is 9.47 Å². The summed E-state index contributed by atoms with van der Waals surface area (Å²) in [7, 11) is 1.42. The van der Waals surface area contributed by atoms with Crippen molar-refractivity contribution in [1.29, 1.82) is 0 Å². The molecule has 1 heterocycles. The van der Waals surface area contributed by atoms with Crippen molar-refractivity contribution in [2.45, 2.75) is 48.0 Å². The molecular weight excluding hydrogens is 386 g/mol. The quantitative estimate of drug-likeness (QED) is 0.271. The maximum atomic E-state index is 11.8. The van der Waals surface area contributed by atoms with Crippen LogP contribution in [0.2, 0.25) is 0 Å². The molecule has 2 aliphatic rings. The van der Waals surface area contributed by atoms with Crippen molar-refractivity contribution in [2.24, 2.45) is 16.8 Å². The lowest BCUT2D eigenvalue weighted by molar-refractivity contribution is -0.143. The summed E-state index contributed by atoms with van der Waals surface area (Å²) in [5.74, 6) is 0.777. The third-order valence-corrected chi connectivity index (χ3v) is 5.30. The van der Waals surface area contributed by atoms with Crippen LogP contribution in [0.15, 0.2) is 86.8 Å². The first-order valence-electron chi connectivity index (χ1n) is 10.7. The molecule has 0 aromatic carbocycles. The first-order valence-corrected chi connectivity index (χ1v) is 10.7. The summed E-state index contributed by atoms with van der Waals surface area (Å²) in [6.07, 6.45) is 12.6. The van der Waals surface area contributed by atoms with E-state index < -0.39 is 0 Å². The van der Waals surface area contributed by atoms with Crippen LogP contribution < -0.4 is 0 Å². The van der Waals surface area contributed by atoms with Gasteiger partial charge >= 0.3 is 5.97 Å². The molecule has 1 unspecified atom stereocenters. The van der Waals surface area contributed by atoms with Crippen LogP contribution in [0, 0.1) is 11.8 Å². The number of allylic oxidation sites excluding steroid dienone is 9. The number of carbonyl (C=O) groups excluding carboxylic acids is 1. The van der Waals surface area contributed by atoms with E-state index in [1.807, 2.05) is 38.3 Å². The zero-order chi connectivity index (χ0) is 23.1. The molecule has 0 N–H and O–H groups in total. The molecule has 0 bridgehead atoms. The van der Waals surface area contributed by atoms with Gasteiger partial charge in [-0.25, -0.2) is 0 Å². The van der Waals surface area contributed by atoms with Crippen LogP contribution in [0.4, 0.5) is 0 Å². The highest BCUT2D eigenvalue weighted by Gasteiger charge is 2.20. The van der Waals surface area contributed by atoms with E-state index in [0.717, 1.165) is 33.7 Å². The highest BCUT2D eigenvalue weighted by molar-refractivity contribution is 5.89. The third-order valence-electron chi connectivity index (χ3n) is 5.30. The summed E-state index contributed by atoms with van der Waals surface area (Å²) in [5, 5.41) is 0. The van der Waals surface area contributed by atoms with Gasteiger partial charge in [0.15, 0.2) is 0 Å². The van der Waals surface area contributed by atoms with E-state index in [4.69, 9.17) is 14.5 Å². The molecule has 31 heavy (non-hydrogen) atoms. The fourth-order valence-corrected chi connectivity index (χ4v) is 3.54. The predicted molar refractivity (Wildman–Crippen MR) is 129 cm³/mol. The lowest BCUT2D eigenvalue weighted by atomic mass is 9.92. The first-order chi connectivity index (χ1) is 14.6. The lowest BCUT2D eigenvalue weighted by Gasteiger charge is -2.23. The average molecular weight is 422 g/mol. The normalized spacial score (nSPS) is 20.4. The Labute approximate surface area is 187 Å². The predicted octanol–water partition coefficient (Wildman–Crippen LogP) is 6.42. The van der Waals surface area contributed by atoms with E-state index in [0.29, 0.717) is 18.9 Å². The Balaban J connectivity index is 2.42. The van der Waals surface area contributed by atoms with E-state index in [1.165, 1.54) is 18.3 Å². The van der Waals surface area contributed by atoms with E-state index in [1.54, 1.807) is 0 Å². The highest BCUT2D eigenvalue weighted by atomic mass is 16.5. The molecule has 0 spiro atoms. The first kappa shape index (κ1) is 24.4. The van der Waals surface area contributed by atoms with Crippen molar-refractivity contribution >= 4 is 12.2 Å². The monoisotopic (exact) mass is 421 g/mol. The van der Waals surface area contributed by atoms with E-state index >= 15 is 0 Å². The van der Waals surface area contributed by atoms with Gasteiger partial charge in [0.05, 0.1) is 18.7 Å². The Morgan fingerprint density at radius 2 is 2.03 bits per heavy atom. The minimum atomic E-state index is -0.236. The van der Waals surface area contributed by atoms with Gasteiger partial charge in [-0.1, -0.05) is 56.4 Å². The maximum Gasteiger partial charge on any atom is 0.312 e. The topological polar surface area (TPSA) is 47.9 Å². The van der Waals surface area contributed by atoms with E-state index in [9.17, 15) is 4.79 Å². The van der Waals surface area contributed by atoms with E-state index in [-0.39, 0.29) is 11.9 Å². The standard InChI is InChI=1S/C27H35NO3/c1-17(2)13-24(26-20(6)19(5)16-31-21(26)7)15-28-25(14-18(3)4)22-9-11-23(12-10-22)27(29)30-8/h9-11,13-15,18,23H,1,12,16H2,2-8H3/b24-13+,25-14-,28-15-. The number of nitrogens with zero attached hydrogens (tertiary/aromatic N) is 1. The van der Waals surface area contributed by atoms with Gasteiger partial charge in [-0.3, -0.25) is 9.79 Å². The number of carbonyl (C=O) groups is 1. The molecule has 0 aromatic heterocycles. The van der Waals surface area contributed by atoms with Crippen molar-refractivity contribution in [3.63, 3.8) is 0 Å². The molecule has 0 saturated carbocycles. The van der Waals surface area contributed by atoms with Crippen LogP contribution in [-0.4, -0.2) is 25.9 Å². The Hall–Kier alpha value is -2.88. The molecule has 4 nitrogen and oxygen atoms in total. The highest BCUT2D eigenvalue weighted by Crippen LogP contribution is 2.31. The molecule has 1 atom stereocenters. The van der Waals surface area contributed by atoms with Crippen LogP contribution in [-0.2, 0) is 14.3 Å². The number of ether oxygens (including phenoxy) is 2. The molecule has 0 fully saturated rings. The Morgan fingerprint density at radius 1 is 1.32 bits per heavy atom. The Kier molecular flexibility index (Phi) is 8.61. The molecule has 0 radical (unpaired) electrons. The number of hydrogen-bond acceptors (Lipinski definition) is 4. The molecule has 0 amide bonds. The van der Waals surface area contributed by atoms with Crippen LogP contribution >= 0.6 is 0 Å². The Bertz CT molecular complexity index is 949. The van der Waals surface area contributed by atoms with Crippen molar-refractivity contribution < 1.29 is 14.3 Å². The van der Waals surface area contributed by atoms with Crippen LogP contribution in [0.5, 0.6) is 0 Å². The smallest absolute Gasteiger partial charge is 0.312 e. The zero-order valence-corrected chi connectivity index (χ0v) is 19.9. The largest absolute Gasteiger partial charge is 0.493 e. The number of rotatable bonds is 7. The molecule has 0 aromatic rings. The number of aliphatic imine (C=N–C) groups is 1. The van der Waals surface area contributed by atoms with Crippen LogP contribution in [0.25, 0.3) is 0 Å². The number of methoxy groups -OCH3 is 1. The van der Waals surface area contributed by atoms with Crippen molar-refractivity contribution in [3.8, 4) is 0 Å². The van der Waals surface area contributed by atoms with Crippen molar-refractivity contribution in [2.75, 3.05) is 13.7 Å².